The van der Waals surface area contributed by atoms with E-state index in [1.54, 1.807) is 4.90 Å². The number of carbonyl (C=O) groups excluding carboxylic acids is 2. The van der Waals surface area contributed by atoms with Crippen LogP contribution in [0.3, 0.4) is 0 Å². The lowest BCUT2D eigenvalue weighted by molar-refractivity contribution is -0.135. The minimum atomic E-state index is -0.125. The Balaban J connectivity index is 1.47. The van der Waals surface area contributed by atoms with Gasteiger partial charge >= 0.3 is 6.03 Å². The van der Waals surface area contributed by atoms with Crippen molar-refractivity contribution < 1.29 is 9.59 Å². The molecule has 1 aromatic carbocycles. The van der Waals surface area contributed by atoms with E-state index in [4.69, 9.17) is 0 Å². The fourth-order valence-corrected chi connectivity index (χ4v) is 3.28. The fraction of sp³-hybridized carbons (Fsp3) is 0.556. The molecule has 0 radical (unpaired) electrons. The van der Waals surface area contributed by atoms with Gasteiger partial charge in [0.1, 0.15) is 6.54 Å². The maximum atomic E-state index is 12.2. The molecule has 0 atom stereocenters. The Kier molecular flexibility index (Phi) is 4.55. The third-order valence-corrected chi connectivity index (χ3v) is 4.83. The molecule has 1 saturated carbocycles. The number of benzene rings is 1. The Labute approximate surface area is 137 Å². The summed E-state index contributed by atoms with van der Waals surface area (Å²) in [5.41, 5.74) is 3.81. The van der Waals surface area contributed by atoms with E-state index in [-0.39, 0.29) is 18.5 Å². The summed E-state index contributed by atoms with van der Waals surface area (Å²) in [6.07, 6.45) is 3.06. The summed E-state index contributed by atoms with van der Waals surface area (Å²) in [5.74, 6) is 0.0867. The van der Waals surface area contributed by atoms with E-state index in [1.165, 1.54) is 16.7 Å². The van der Waals surface area contributed by atoms with Crippen molar-refractivity contribution in [2.75, 3.05) is 26.2 Å². The van der Waals surface area contributed by atoms with Gasteiger partial charge in [0.15, 0.2) is 0 Å². The number of piperazine rings is 1. The van der Waals surface area contributed by atoms with Crippen molar-refractivity contribution in [3.63, 3.8) is 0 Å². The maximum absolute atomic E-state index is 12.2. The molecule has 0 aromatic heterocycles. The van der Waals surface area contributed by atoms with Crippen LogP contribution in [0.1, 0.15) is 29.5 Å². The van der Waals surface area contributed by atoms with Gasteiger partial charge in [-0.05, 0) is 49.8 Å². The summed E-state index contributed by atoms with van der Waals surface area (Å²) in [5, 5.41) is 2.95. The topological polar surface area (TPSA) is 52.7 Å². The predicted octanol–water partition coefficient (Wildman–Crippen LogP) is 1.86. The van der Waals surface area contributed by atoms with E-state index in [0.717, 1.165) is 19.3 Å². The highest BCUT2D eigenvalue weighted by molar-refractivity contribution is 5.85. The van der Waals surface area contributed by atoms with Gasteiger partial charge in [0.25, 0.3) is 0 Å². The number of nitrogens with zero attached hydrogens (tertiary/aromatic N) is 2. The average Bonchev–Trinajstić information content (AvgIpc) is 3.34. The molecule has 2 fully saturated rings. The first-order chi connectivity index (χ1) is 11.1. The van der Waals surface area contributed by atoms with Gasteiger partial charge in [-0.15, -0.1) is 0 Å². The van der Waals surface area contributed by atoms with Crippen LogP contribution in [0.5, 0.6) is 0 Å². The van der Waals surface area contributed by atoms with Gasteiger partial charge in [-0.2, -0.15) is 0 Å². The number of hydrogen-bond acceptors (Lipinski definition) is 2. The second kappa shape index (κ2) is 6.60. The molecule has 1 heterocycles. The summed E-state index contributed by atoms with van der Waals surface area (Å²) in [6, 6.07) is 6.56. The first kappa shape index (κ1) is 15.8. The molecule has 1 aliphatic heterocycles. The molecule has 1 aliphatic carbocycles. The molecule has 5 heteroatoms. The molecule has 1 aromatic rings. The second-order valence-electron chi connectivity index (χ2n) is 6.59. The molecular formula is C18H25N3O2. The van der Waals surface area contributed by atoms with Crippen molar-refractivity contribution in [2.24, 2.45) is 0 Å². The minimum absolute atomic E-state index is 0.0867. The summed E-state index contributed by atoms with van der Waals surface area (Å²) in [7, 11) is 0. The van der Waals surface area contributed by atoms with Crippen LogP contribution >= 0.6 is 0 Å². The zero-order chi connectivity index (χ0) is 16.4. The maximum Gasteiger partial charge on any atom is 0.317 e. The predicted molar refractivity (Wildman–Crippen MR) is 89.3 cm³/mol. The molecule has 23 heavy (non-hydrogen) atoms. The van der Waals surface area contributed by atoms with E-state index in [0.29, 0.717) is 25.7 Å². The van der Waals surface area contributed by atoms with Crippen molar-refractivity contribution in [2.45, 2.75) is 39.2 Å². The highest BCUT2D eigenvalue weighted by Crippen LogP contribution is 2.28. The molecule has 1 N–H and O–H groups in total. The van der Waals surface area contributed by atoms with Crippen molar-refractivity contribution in [3.05, 3.63) is 34.9 Å². The highest BCUT2D eigenvalue weighted by Gasteiger charge is 2.36. The Hall–Kier alpha value is -2.04. The van der Waals surface area contributed by atoms with Crippen molar-refractivity contribution in [3.8, 4) is 0 Å². The van der Waals surface area contributed by atoms with Crippen LogP contribution < -0.4 is 5.32 Å². The van der Waals surface area contributed by atoms with Crippen LogP contribution in [-0.2, 0) is 11.2 Å². The summed E-state index contributed by atoms with van der Waals surface area (Å²) in [4.78, 5) is 27.9. The van der Waals surface area contributed by atoms with E-state index < -0.39 is 0 Å². The third kappa shape index (κ3) is 3.66. The SMILES string of the molecule is Cc1cccc(C)c1CCNC(=O)N1CCN(C2CC2)C(=O)C1. The van der Waals surface area contributed by atoms with Gasteiger partial charge in [0.2, 0.25) is 5.91 Å². The van der Waals surface area contributed by atoms with Crippen molar-refractivity contribution >= 4 is 11.9 Å². The molecular weight excluding hydrogens is 290 g/mol. The number of urea groups is 1. The second-order valence-corrected chi connectivity index (χ2v) is 6.59. The zero-order valence-corrected chi connectivity index (χ0v) is 14.0. The van der Waals surface area contributed by atoms with Gasteiger partial charge in [0, 0.05) is 25.7 Å². The molecule has 5 nitrogen and oxygen atoms in total. The molecule has 3 rings (SSSR count). The average molecular weight is 315 g/mol. The Morgan fingerprint density at radius 1 is 1.22 bits per heavy atom. The van der Waals surface area contributed by atoms with Crippen LogP contribution in [-0.4, -0.2) is 54.0 Å². The van der Waals surface area contributed by atoms with Crippen molar-refractivity contribution in [1.82, 2.24) is 15.1 Å². The molecule has 2 aliphatic rings. The summed E-state index contributed by atoms with van der Waals surface area (Å²) in [6.45, 7) is 6.32. The number of amides is 3. The van der Waals surface area contributed by atoms with E-state index >= 15 is 0 Å². The molecule has 0 spiro atoms. The van der Waals surface area contributed by atoms with Gasteiger partial charge in [-0.1, -0.05) is 18.2 Å². The largest absolute Gasteiger partial charge is 0.338 e. The zero-order valence-electron chi connectivity index (χ0n) is 14.0. The van der Waals surface area contributed by atoms with Crippen LogP contribution in [0, 0.1) is 13.8 Å². The Morgan fingerprint density at radius 3 is 2.52 bits per heavy atom. The van der Waals surface area contributed by atoms with Crippen LogP contribution in [0.25, 0.3) is 0 Å². The van der Waals surface area contributed by atoms with Gasteiger partial charge in [-0.3, -0.25) is 4.79 Å². The molecule has 0 bridgehead atoms. The summed E-state index contributed by atoms with van der Waals surface area (Å²) >= 11 is 0. The lowest BCUT2D eigenvalue weighted by Gasteiger charge is -2.34. The number of carbonyl (C=O) groups is 2. The minimum Gasteiger partial charge on any atom is -0.338 e. The number of nitrogens with one attached hydrogen (secondary N) is 1. The molecule has 3 amide bonds. The van der Waals surface area contributed by atoms with E-state index in [9.17, 15) is 9.59 Å². The highest BCUT2D eigenvalue weighted by atomic mass is 16.2. The van der Waals surface area contributed by atoms with Gasteiger partial charge < -0.3 is 15.1 Å². The standard InChI is InChI=1S/C18H25N3O2/c1-13-4-3-5-14(2)16(13)8-9-19-18(23)20-10-11-21(15-6-7-15)17(22)12-20/h3-5,15H,6-12H2,1-2H3,(H,19,23). The third-order valence-electron chi connectivity index (χ3n) is 4.83. The smallest absolute Gasteiger partial charge is 0.317 e. The lowest BCUT2D eigenvalue weighted by Crippen LogP contribution is -2.55. The first-order valence-electron chi connectivity index (χ1n) is 8.43. The van der Waals surface area contributed by atoms with Crippen LogP contribution in [0.2, 0.25) is 0 Å². The molecule has 1 saturated heterocycles. The molecule has 0 unspecified atom stereocenters. The van der Waals surface area contributed by atoms with Gasteiger partial charge in [-0.25, -0.2) is 4.79 Å². The van der Waals surface area contributed by atoms with E-state index in [2.05, 4.69) is 37.4 Å². The summed E-state index contributed by atoms with van der Waals surface area (Å²) < 4.78 is 0. The van der Waals surface area contributed by atoms with Gasteiger partial charge in [0.05, 0.1) is 0 Å². The normalized spacial score (nSPS) is 18.3. The lowest BCUT2D eigenvalue weighted by atomic mass is 10.0. The van der Waals surface area contributed by atoms with Crippen LogP contribution in [0.15, 0.2) is 18.2 Å². The molecule has 124 valence electrons. The number of aryl methyl sites for hydroxylation is 2. The van der Waals surface area contributed by atoms with E-state index in [1.807, 2.05) is 4.90 Å². The Morgan fingerprint density at radius 2 is 1.91 bits per heavy atom. The van der Waals surface area contributed by atoms with Crippen LogP contribution in [0.4, 0.5) is 4.79 Å². The Bertz CT molecular complexity index is 590. The number of rotatable bonds is 4. The quantitative estimate of drug-likeness (QED) is 0.922. The van der Waals surface area contributed by atoms with Crippen molar-refractivity contribution in [1.29, 1.82) is 0 Å². The monoisotopic (exact) mass is 315 g/mol. The number of hydrogen-bond donors (Lipinski definition) is 1. The fourth-order valence-electron chi connectivity index (χ4n) is 3.28. The first-order valence-corrected chi connectivity index (χ1v) is 8.43.